The lowest BCUT2D eigenvalue weighted by Gasteiger charge is -2.24. The molecule has 10 heteroatoms. The van der Waals surface area contributed by atoms with Crippen molar-refractivity contribution in [3.8, 4) is 0 Å². The predicted octanol–water partition coefficient (Wildman–Crippen LogP) is 3.93. The molecule has 0 aliphatic carbocycles. The molecule has 178 valence electrons. The van der Waals surface area contributed by atoms with Gasteiger partial charge in [0, 0.05) is 25.2 Å². The highest BCUT2D eigenvalue weighted by Crippen LogP contribution is 2.30. The SMILES string of the molecule is Cc1ccc2c(c1)nc(CNc1nc(N3C[C@@H]4CCCN[C@@H]4C3)nc3c(Br)cnn13)n2C(C)C. The van der Waals surface area contributed by atoms with Crippen LogP contribution in [0.15, 0.2) is 28.9 Å². The Hall–Kier alpha value is -2.72. The third-order valence-corrected chi connectivity index (χ3v) is 7.59. The Bertz CT molecular complexity index is 1340. The number of imidazole rings is 1. The third-order valence-electron chi connectivity index (χ3n) is 7.03. The van der Waals surface area contributed by atoms with Crippen molar-refractivity contribution in [2.24, 2.45) is 5.92 Å². The van der Waals surface area contributed by atoms with Crippen LogP contribution in [0.4, 0.5) is 11.9 Å². The first-order valence-electron chi connectivity index (χ1n) is 12.1. The van der Waals surface area contributed by atoms with Gasteiger partial charge in [-0.1, -0.05) is 6.07 Å². The van der Waals surface area contributed by atoms with Crippen LogP contribution in [0, 0.1) is 12.8 Å². The standard InChI is InChI=1S/C24H30BrN9/c1-14(2)33-20-7-6-15(3)9-18(20)29-21(33)11-27-23-31-24(30-22-17(25)10-28-34(22)23)32-12-16-5-4-8-26-19(16)13-32/h6-7,9-10,14,16,19,26H,4-5,8,11-13H2,1-3H3,(H,27,30,31)/t16-,19+/m0/s1. The molecule has 2 aliphatic heterocycles. The van der Waals surface area contributed by atoms with Crippen molar-refractivity contribution >= 4 is 44.5 Å². The Morgan fingerprint density at radius 3 is 2.91 bits per heavy atom. The summed E-state index contributed by atoms with van der Waals surface area (Å²) in [5.41, 5.74) is 4.15. The third kappa shape index (κ3) is 3.73. The van der Waals surface area contributed by atoms with E-state index in [1.54, 1.807) is 10.7 Å². The van der Waals surface area contributed by atoms with E-state index in [1.165, 1.54) is 18.4 Å². The number of hydrogen-bond donors (Lipinski definition) is 2. The average Bonchev–Trinajstić information content (AvgIpc) is 3.52. The van der Waals surface area contributed by atoms with Gasteiger partial charge in [-0.3, -0.25) is 0 Å². The Labute approximate surface area is 207 Å². The molecule has 0 unspecified atom stereocenters. The van der Waals surface area contributed by atoms with E-state index >= 15 is 0 Å². The van der Waals surface area contributed by atoms with Crippen LogP contribution < -0.4 is 15.5 Å². The molecule has 2 N–H and O–H groups in total. The Morgan fingerprint density at radius 2 is 2.09 bits per heavy atom. The number of halogens is 1. The van der Waals surface area contributed by atoms with Gasteiger partial charge in [-0.25, -0.2) is 4.98 Å². The van der Waals surface area contributed by atoms with Gasteiger partial charge in [-0.05, 0) is 79.7 Å². The number of hydrogen-bond acceptors (Lipinski definition) is 7. The van der Waals surface area contributed by atoms with Crippen LogP contribution in [-0.2, 0) is 6.54 Å². The maximum Gasteiger partial charge on any atom is 0.230 e. The second kappa shape index (κ2) is 8.49. The molecule has 0 radical (unpaired) electrons. The lowest BCUT2D eigenvalue weighted by atomic mass is 9.94. The van der Waals surface area contributed by atoms with Crippen molar-refractivity contribution in [1.29, 1.82) is 0 Å². The van der Waals surface area contributed by atoms with Crippen LogP contribution in [0.1, 0.15) is 44.1 Å². The minimum atomic E-state index is 0.296. The summed E-state index contributed by atoms with van der Waals surface area (Å²) < 4.78 is 4.91. The number of aryl methyl sites for hydroxylation is 1. The van der Waals surface area contributed by atoms with E-state index < -0.39 is 0 Å². The number of anilines is 2. The van der Waals surface area contributed by atoms with Crippen molar-refractivity contribution in [1.82, 2.24) is 34.4 Å². The fourth-order valence-electron chi connectivity index (χ4n) is 5.42. The molecule has 6 rings (SSSR count). The van der Waals surface area contributed by atoms with E-state index in [9.17, 15) is 0 Å². The number of rotatable bonds is 5. The van der Waals surface area contributed by atoms with E-state index in [0.29, 0.717) is 30.5 Å². The fraction of sp³-hybridized carbons (Fsp3) is 0.500. The van der Waals surface area contributed by atoms with Crippen molar-refractivity contribution in [3.63, 3.8) is 0 Å². The van der Waals surface area contributed by atoms with Crippen LogP contribution >= 0.6 is 15.9 Å². The van der Waals surface area contributed by atoms with Crippen molar-refractivity contribution in [2.75, 3.05) is 29.9 Å². The molecule has 3 aromatic heterocycles. The molecule has 0 saturated carbocycles. The summed E-state index contributed by atoms with van der Waals surface area (Å²) in [6.45, 7) is 10.1. The summed E-state index contributed by atoms with van der Waals surface area (Å²) in [7, 11) is 0. The maximum absolute atomic E-state index is 4.94. The molecule has 34 heavy (non-hydrogen) atoms. The van der Waals surface area contributed by atoms with Gasteiger partial charge in [0.25, 0.3) is 0 Å². The molecule has 2 atom stereocenters. The van der Waals surface area contributed by atoms with E-state index in [2.05, 4.69) is 80.1 Å². The van der Waals surface area contributed by atoms with E-state index in [1.807, 2.05) is 0 Å². The van der Waals surface area contributed by atoms with Gasteiger partial charge in [0.15, 0.2) is 5.65 Å². The zero-order chi connectivity index (χ0) is 23.4. The summed E-state index contributed by atoms with van der Waals surface area (Å²) in [4.78, 5) is 17.0. The molecule has 1 aromatic carbocycles. The van der Waals surface area contributed by atoms with Crippen LogP contribution in [0.3, 0.4) is 0 Å². The zero-order valence-electron chi connectivity index (χ0n) is 19.8. The smallest absolute Gasteiger partial charge is 0.230 e. The molecule has 2 saturated heterocycles. The summed E-state index contributed by atoms with van der Waals surface area (Å²) in [5, 5.41) is 11.7. The average molecular weight is 524 g/mol. The molecule has 4 aromatic rings. The molecule has 0 amide bonds. The van der Waals surface area contributed by atoms with Crippen molar-refractivity contribution in [2.45, 2.75) is 52.2 Å². The Kier molecular flexibility index (Phi) is 5.44. The Balaban J connectivity index is 1.34. The van der Waals surface area contributed by atoms with Gasteiger partial charge in [0.2, 0.25) is 11.9 Å². The minimum absolute atomic E-state index is 0.296. The summed E-state index contributed by atoms with van der Waals surface area (Å²) in [6, 6.07) is 7.26. The summed E-state index contributed by atoms with van der Waals surface area (Å²) in [6.07, 6.45) is 4.28. The van der Waals surface area contributed by atoms with Gasteiger partial charge in [0.1, 0.15) is 5.82 Å². The molecule has 9 nitrogen and oxygen atoms in total. The monoisotopic (exact) mass is 523 g/mol. The molecule has 2 fully saturated rings. The second-order valence-corrected chi connectivity index (χ2v) is 10.6. The Morgan fingerprint density at radius 1 is 1.21 bits per heavy atom. The first kappa shape index (κ1) is 21.8. The summed E-state index contributed by atoms with van der Waals surface area (Å²) in [5.74, 6) is 3.06. The van der Waals surface area contributed by atoms with Crippen molar-refractivity contribution in [3.05, 3.63) is 40.3 Å². The fourth-order valence-corrected chi connectivity index (χ4v) is 5.77. The summed E-state index contributed by atoms with van der Waals surface area (Å²) >= 11 is 3.61. The van der Waals surface area contributed by atoms with Crippen LogP contribution in [0.25, 0.3) is 16.7 Å². The molecular weight excluding hydrogens is 494 g/mol. The minimum Gasteiger partial charge on any atom is -0.347 e. The number of piperidine rings is 1. The van der Waals surface area contributed by atoms with Gasteiger partial charge >= 0.3 is 0 Å². The van der Waals surface area contributed by atoms with Gasteiger partial charge in [0.05, 0.1) is 28.2 Å². The molecular formula is C24H30BrN9. The first-order chi connectivity index (χ1) is 16.5. The van der Waals surface area contributed by atoms with Gasteiger partial charge < -0.3 is 20.1 Å². The van der Waals surface area contributed by atoms with Crippen LogP contribution in [0.5, 0.6) is 0 Å². The topological polar surface area (TPSA) is 88.2 Å². The lowest BCUT2D eigenvalue weighted by molar-refractivity contribution is 0.340. The van der Waals surface area contributed by atoms with E-state index in [-0.39, 0.29) is 0 Å². The molecule has 0 spiro atoms. The van der Waals surface area contributed by atoms with E-state index in [4.69, 9.17) is 15.0 Å². The van der Waals surface area contributed by atoms with Crippen LogP contribution in [-0.4, -0.2) is 54.8 Å². The highest BCUT2D eigenvalue weighted by molar-refractivity contribution is 9.10. The highest BCUT2D eigenvalue weighted by atomic mass is 79.9. The number of nitrogens with one attached hydrogen (secondary N) is 2. The quantitative estimate of drug-likeness (QED) is 0.409. The van der Waals surface area contributed by atoms with Gasteiger partial charge in [-0.15, -0.1) is 0 Å². The molecule has 0 bridgehead atoms. The molecule has 5 heterocycles. The number of aromatic nitrogens is 6. The van der Waals surface area contributed by atoms with Crippen molar-refractivity contribution < 1.29 is 0 Å². The molecule has 2 aliphatic rings. The largest absolute Gasteiger partial charge is 0.347 e. The maximum atomic E-state index is 4.94. The predicted molar refractivity (Wildman–Crippen MR) is 137 cm³/mol. The first-order valence-corrected chi connectivity index (χ1v) is 12.9. The number of nitrogens with zero attached hydrogens (tertiary/aromatic N) is 7. The normalized spacial score (nSPS) is 20.6. The lowest BCUT2D eigenvalue weighted by Crippen LogP contribution is -2.40. The highest BCUT2D eigenvalue weighted by Gasteiger charge is 2.35. The number of fused-ring (bicyclic) bond motifs is 3. The van der Waals surface area contributed by atoms with Crippen LogP contribution in [0.2, 0.25) is 0 Å². The second-order valence-electron chi connectivity index (χ2n) is 9.78. The number of benzene rings is 1. The van der Waals surface area contributed by atoms with Gasteiger partial charge in [-0.2, -0.15) is 19.6 Å². The zero-order valence-corrected chi connectivity index (χ0v) is 21.4. The van der Waals surface area contributed by atoms with E-state index in [0.717, 1.165) is 52.6 Å².